The van der Waals surface area contributed by atoms with E-state index in [-0.39, 0.29) is 30.5 Å². The van der Waals surface area contributed by atoms with Crippen LogP contribution in [0.4, 0.5) is 4.79 Å². The third kappa shape index (κ3) is 17.5. The van der Waals surface area contributed by atoms with Crippen LogP contribution in [0.1, 0.15) is 80.1 Å². The van der Waals surface area contributed by atoms with Crippen molar-refractivity contribution < 1.29 is 28.6 Å². The van der Waals surface area contributed by atoms with Crippen molar-refractivity contribution in [1.29, 1.82) is 0 Å². The van der Waals surface area contributed by atoms with E-state index in [9.17, 15) is 14.4 Å². The molecule has 1 saturated heterocycles. The van der Waals surface area contributed by atoms with E-state index in [0.717, 1.165) is 25.8 Å². The Hall–Kier alpha value is -2.93. The molecule has 1 heterocycles. The molecule has 1 fully saturated rings. The minimum Gasteiger partial charge on any atom is -0.465 e. The lowest BCUT2D eigenvalue weighted by atomic mass is 10.1. The Bertz CT molecular complexity index is 866. The van der Waals surface area contributed by atoms with Gasteiger partial charge in [0.25, 0.3) is 0 Å². The number of amides is 2. The summed E-state index contributed by atoms with van der Waals surface area (Å²) < 4.78 is 16.4. The molecular formula is C28H53N7O6. The maximum absolute atomic E-state index is 12.8. The number of amidine groups is 2. The summed E-state index contributed by atoms with van der Waals surface area (Å²) in [6.45, 7) is 13.9. The molecule has 0 aliphatic carbocycles. The Labute approximate surface area is 245 Å². The summed E-state index contributed by atoms with van der Waals surface area (Å²) in [4.78, 5) is 48.1. The molecule has 0 saturated carbocycles. The van der Waals surface area contributed by atoms with Crippen LogP contribution in [0.25, 0.3) is 0 Å². The fourth-order valence-electron chi connectivity index (χ4n) is 4.11. The van der Waals surface area contributed by atoms with Crippen molar-refractivity contribution in [2.75, 3.05) is 46.0 Å². The summed E-state index contributed by atoms with van der Waals surface area (Å²) in [6, 6.07) is -0.910. The van der Waals surface area contributed by atoms with Crippen LogP contribution < -0.4 is 22.1 Å². The minimum absolute atomic E-state index is 0.130. The highest BCUT2D eigenvalue weighted by atomic mass is 16.6. The third-order valence-corrected chi connectivity index (χ3v) is 6.09. The Morgan fingerprint density at radius 3 is 2.17 bits per heavy atom. The zero-order chi connectivity index (χ0) is 30.8. The first-order valence-corrected chi connectivity index (χ1v) is 14.6. The molecule has 0 aromatic heterocycles. The molecule has 13 heteroatoms. The predicted molar refractivity (Wildman–Crippen MR) is 160 cm³/mol. The van der Waals surface area contributed by atoms with E-state index in [1.807, 2.05) is 0 Å². The molecule has 236 valence electrons. The standard InChI is InChI=1S/C28H53N7O6/c1-7-40-26(37)24(13-9-11-15-32-21(3)30)35-18-22(35)19-39-17-16-33-25(36)23(12-8-10-14-31-20(2)29)34-27(38)41-28(4,5)6/h22-24H,7-19H2,1-6H3,(H2,29,31)(H2,30,32)(H,33,36)(H,34,38). The smallest absolute Gasteiger partial charge is 0.408 e. The van der Waals surface area contributed by atoms with Gasteiger partial charge in [0.05, 0.1) is 31.5 Å². The first-order valence-electron chi connectivity index (χ1n) is 14.6. The third-order valence-electron chi connectivity index (χ3n) is 6.09. The lowest BCUT2D eigenvalue weighted by Crippen LogP contribution is -2.48. The van der Waals surface area contributed by atoms with Gasteiger partial charge in [-0.3, -0.25) is 24.5 Å². The maximum Gasteiger partial charge on any atom is 0.408 e. The van der Waals surface area contributed by atoms with Gasteiger partial charge in [0.1, 0.15) is 17.7 Å². The van der Waals surface area contributed by atoms with E-state index in [1.165, 1.54) is 0 Å². The van der Waals surface area contributed by atoms with Gasteiger partial charge in [0, 0.05) is 32.2 Å². The highest BCUT2D eigenvalue weighted by Crippen LogP contribution is 2.26. The Morgan fingerprint density at radius 2 is 1.61 bits per heavy atom. The molecule has 0 aromatic carbocycles. The quantitative estimate of drug-likeness (QED) is 0.0545. The fraction of sp³-hybridized carbons (Fsp3) is 0.821. The number of unbranched alkanes of at least 4 members (excludes halogenated alkanes) is 2. The SMILES string of the molecule is CCOC(=O)C(CCCCN=C(C)N)N1CC1COCCNC(=O)C(CCCCN=C(C)N)NC(=O)OC(C)(C)C. The number of hydrogen-bond donors (Lipinski definition) is 4. The van der Waals surface area contributed by atoms with Crippen molar-refractivity contribution in [3.8, 4) is 0 Å². The molecule has 0 radical (unpaired) electrons. The second kappa shape index (κ2) is 19.2. The number of carbonyl (C=O) groups is 3. The van der Waals surface area contributed by atoms with Crippen LogP contribution in [-0.4, -0.2) is 104 Å². The summed E-state index contributed by atoms with van der Waals surface area (Å²) >= 11 is 0. The summed E-state index contributed by atoms with van der Waals surface area (Å²) in [5, 5.41) is 5.50. The van der Waals surface area contributed by atoms with Crippen molar-refractivity contribution in [3.05, 3.63) is 0 Å². The van der Waals surface area contributed by atoms with Crippen LogP contribution >= 0.6 is 0 Å². The van der Waals surface area contributed by atoms with Gasteiger partial charge in [-0.05, 0) is 80.1 Å². The number of alkyl carbamates (subject to hydrolysis) is 1. The zero-order valence-corrected chi connectivity index (χ0v) is 25.9. The van der Waals surface area contributed by atoms with Crippen LogP contribution in [0.3, 0.4) is 0 Å². The normalized spacial score (nSPS) is 18.8. The van der Waals surface area contributed by atoms with E-state index in [2.05, 4.69) is 25.5 Å². The summed E-state index contributed by atoms with van der Waals surface area (Å²) in [5.41, 5.74) is 10.5. The molecule has 0 bridgehead atoms. The molecule has 1 rings (SSSR count). The number of nitrogens with zero attached hydrogens (tertiary/aromatic N) is 3. The number of carbonyl (C=O) groups excluding carboxylic acids is 3. The lowest BCUT2D eigenvalue weighted by molar-refractivity contribution is -0.148. The highest BCUT2D eigenvalue weighted by Gasteiger charge is 2.43. The van der Waals surface area contributed by atoms with Gasteiger partial charge >= 0.3 is 12.1 Å². The van der Waals surface area contributed by atoms with Crippen molar-refractivity contribution in [2.45, 2.75) is 104 Å². The molecule has 4 atom stereocenters. The largest absolute Gasteiger partial charge is 0.465 e. The van der Waals surface area contributed by atoms with E-state index in [1.54, 1.807) is 41.5 Å². The molecule has 1 aliphatic heterocycles. The number of nitrogens with one attached hydrogen (secondary N) is 2. The predicted octanol–water partition coefficient (Wildman–Crippen LogP) is 1.72. The second-order valence-electron chi connectivity index (χ2n) is 11.2. The van der Waals surface area contributed by atoms with Gasteiger partial charge in [-0.1, -0.05) is 0 Å². The van der Waals surface area contributed by atoms with Gasteiger partial charge in [0.2, 0.25) is 5.91 Å². The first kappa shape index (κ1) is 36.1. The van der Waals surface area contributed by atoms with E-state index >= 15 is 0 Å². The van der Waals surface area contributed by atoms with Crippen molar-refractivity contribution in [2.24, 2.45) is 21.5 Å². The van der Waals surface area contributed by atoms with Crippen molar-refractivity contribution >= 4 is 29.6 Å². The van der Waals surface area contributed by atoms with Gasteiger partial charge in [0.15, 0.2) is 0 Å². The van der Waals surface area contributed by atoms with Crippen LogP contribution in [-0.2, 0) is 23.8 Å². The fourth-order valence-corrected chi connectivity index (χ4v) is 4.11. The summed E-state index contributed by atoms with van der Waals surface area (Å²) in [7, 11) is 0. The van der Waals surface area contributed by atoms with E-state index < -0.39 is 17.7 Å². The number of hydrogen-bond acceptors (Lipinski definition) is 9. The summed E-state index contributed by atoms with van der Waals surface area (Å²) in [5.74, 6) is 0.557. The first-order chi connectivity index (χ1) is 19.3. The van der Waals surface area contributed by atoms with Gasteiger partial charge < -0.3 is 36.3 Å². The molecule has 41 heavy (non-hydrogen) atoms. The Morgan fingerprint density at radius 1 is 1.00 bits per heavy atom. The van der Waals surface area contributed by atoms with E-state index in [4.69, 9.17) is 25.7 Å². The minimum atomic E-state index is -0.739. The molecule has 1 aliphatic rings. The Balaban J connectivity index is 2.47. The summed E-state index contributed by atoms with van der Waals surface area (Å²) in [6.07, 6.45) is 3.60. The van der Waals surface area contributed by atoms with Crippen molar-refractivity contribution in [3.63, 3.8) is 0 Å². The second-order valence-corrected chi connectivity index (χ2v) is 11.2. The van der Waals surface area contributed by atoms with E-state index in [0.29, 0.717) is 63.8 Å². The monoisotopic (exact) mass is 583 g/mol. The molecule has 2 amide bonds. The van der Waals surface area contributed by atoms with Crippen LogP contribution in [0.15, 0.2) is 9.98 Å². The topological polar surface area (TPSA) is 183 Å². The van der Waals surface area contributed by atoms with Crippen LogP contribution in [0.5, 0.6) is 0 Å². The van der Waals surface area contributed by atoms with Gasteiger partial charge in [-0.25, -0.2) is 4.79 Å². The van der Waals surface area contributed by atoms with Gasteiger partial charge in [-0.15, -0.1) is 0 Å². The average Bonchev–Trinajstić information content (AvgIpc) is 3.62. The lowest BCUT2D eigenvalue weighted by Gasteiger charge is -2.23. The number of nitrogens with two attached hydrogens (primary N) is 2. The van der Waals surface area contributed by atoms with Crippen molar-refractivity contribution in [1.82, 2.24) is 15.5 Å². The number of rotatable bonds is 20. The van der Waals surface area contributed by atoms with Crippen LogP contribution in [0, 0.1) is 0 Å². The molecular weight excluding hydrogens is 530 g/mol. The highest BCUT2D eigenvalue weighted by molar-refractivity contribution is 5.85. The number of aliphatic imine (C=N–C) groups is 2. The average molecular weight is 584 g/mol. The molecule has 0 spiro atoms. The Kier molecular flexibility index (Phi) is 16.9. The number of esters is 1. The molecule has 13 nitrogen and oxygen atoms in total. The van der Waals surface area contributed by atoms with Gasteiger partial charge in [-0.2, -0.15) is 0 Å². The molecule has 6 N–H and O–H groups in total. The number of ether oxygens (including phenoxy) is 3. The molecule has 4 unspecified atom stereocenters. The maximum atomic E-state index is 12.8. The van der Waals surface area contributed by atoms with Crippen LogP contribution in [0.2, 0.25) is 0 Å². The molecule has 0 aromatic rings. The zero-order valence-electron chi connectivity index (χ0n) is 25.9.